The smallest absolute Gasteiger partial charge is 0.153 e. The fourth-order valence-corrected chi connectivity index (χ4v) is 1.97. The summed E-state index contributed by atoms with van der Waals surface area (Å²) in [6, 6.07) is 12.8. The monoisotopic (exact) mass is 281 g/mol. The van der Waals surface area contributed by atoms with Gasteiger partial charge in [-0.1, -0.05) is 17.7 Å². The van der Waals surface area contributed by atoms with Gasteiger partial charge in [-0.3, -0.25) is 4.79 Å². The Kier molecular flexibility index (Phi) is 4.57. The number of ether oxygens (including phenoxy) is 2. The Labute approximate surface area is 123 Å². The number of rotatable bonds is 5. The van der Waals surface area contributed by atoms with E-state index < -0.39 is 0 Å². The Morgan fingerprint density at radius 3 is 2.67 bits per heavy atom. The Morgan fingerprint density at radius 2 is 2.00 bits per heavy atom. The van der Waals surface area contributed by atoms with Gasteiger partial charge in [-0.2, -0.15) is 5.26 Å². The molecule has 0 bridgehead atoms. The van der Waals surface area contributed by atoms with Crippen molar-refractivity contribution in [3.63, 3.8) is 0 Å². The van der Waals surface area contributed by atoms with Gasteiger partial charge in [-0.25, -0.2) is 0 Å². The standard InChI is InChI=1S/C17H15NO3/c1-12-3-6-16(15(7-12)10-19)21-11-13-4-5-14(9-18)17(8-13)20-2/h3-8,10H,11H2,1-2H3. The SMILES string of the molecule is COc1cc(COc2ccc(C)cc2C=O)ccc1C#N. The number of carbonyl (C=O) groups is 1. The van der Waals surface area contributed by atoms with Crippen LogP contribution in [-0.4, -0.2) is 13.4 Å². The number of nitriles is 1. The first kappa shape index (κ1) is 14.6. The molecule has 106 valence electrons. The van der Waals surface area contributed by atoms with Crippen molar-refractivity contribution in [1.82, 2.24) is 0 Å². The van der Waals surface area contributed by atoms with Gasteiger partial charge in [0.15, 0.2) is 6.29 Å². The van der Waals surface area contributed by atoms with Crippen molar-refractivity contribution in [3.05, 3.63) is 58.7 Å². The second-order valence-electron chi connectivity index (χ2n) is 4.59. The highest BCUT2D eigenvalue weighted by Crippen LogP contribution is 2.22. The van der Waals surface area contributed by atoms with E-state index in [4.69, 9.17) is 14.7 Å². The molecule has 21 heavy (non-hydrogen) atoms. The van der Waals surface area contributed by atoms with Gasteiger partial charge < -0.3 is 9.47 Å². The van der Waals surface area contributed by atoms with Crippen LogP contribution in [0.15, 0.2) is 36.4 Å². The molecule has 0 aliphatic carbocycles. The predicted octanol–water partition coefficient (Wildman–Crippen LogP) is 3.27. The number of hydrogen-bond acceptors (Lipinski definition) is 4. The van der Waals surface area contributed by atoms with E-state index in [0.717, 1.165) is 17.4 Å². The van der Waals surface area contributed by atoms with Crippen LogP contribution in [-0.2, 0) is 6.61 Å². The van der Waals surface area contributed by atoms with Crippen LogP contribution in [0.1, 0.15) is 27.0 Å². The second-order valence-corrected chi connectivity index (χ2v) is 4.59. The summed E-state index contributed by atoms with van der Waals surface area (Å²) < 4.78 is 10.8. The Morgan fingerprint density at radius 1 is 1.19 bits per heavy atom. The fraction of sp³-hybridized carbons (Fsp3) is 0.176. The highest BCUT2D eigenvalue weighted by Gasteiger charge is 2.06. The van der Waals surface area contributed by atoms with E-state index in [1.54, 1.807) is 30.3 Å². The molecule has 4 nitrogen and oxygen atoms in total. The maximum absolute atomic E-state index is 11.0. The first-order chi connectivity index (χ1) is 10.2. The lowest BCUT2D eigenvalue weighted by Crippen LogP contribution is -2.00. The van der Waals surface area contributed by atoms with Crippen molar-refractivity contribution >= 4 is 6.29 Å². The van der Waals surface area contributed by atoms with E-state index in [9.17, 15) is 4.79 Å². The summed E-state index contributed by atoms with van der Waals surface area (Å²) in [4.78, 5) is 11.0. The van der Waals surface area contributed by atoms with Crippen molar-refractivity contribution < 1.29 is 14.3 Å². The number of aryl methyl sites for hydroxylation is 1. The average Bonchev–Trinajstić information content (AvgIpc) is 2.53. The average molecular weight is 281 g/mol. The third-order valence-corrected chi connectivity index (χ3v) is 3.07. The third-order valence-electron chi connectivity index (χ3n) is 3.07. The molecule has 2 aromatic rings. The van der Waals surface area contributed by atoms with Crippen molar-refractivity contribution in [2.24, 2.45) is 0 Å². The predicted molar refractivity (Wildman–Crippen MR) is 78.6 cm³/mol. The number of nitrogens with zero attached hydrogens (tertiary/aromatic N) is 1. The molecular weight excluding hydrogens is 266 g/mol. The summed E-state index contributed by atoms with van der Waals surface area (Å²) in [6.07, 6.45) is 0.779. The molecule has 0 spiro atoms. The number of hydrogen-bond donors (Lipinski definition) is 0. The molecule has 2 aromatic carbocycles. The van der Waals surface area contributed by atoms with E-state index in [-0.39, 0.29) is 0 Å². The van der Waals surface area contributed by atoms with Gasteiger partial charge in [0.05, 0.1) is 18.2 Å². The van der Waals surface area contributed by atoms with Gasteiger partial charge in [0.2, 0.25) is 0 Å². The van der Waals surface area contributed by atoms with Gasteiger partial charge in [-0.05, 0) is 36.8 Å². The van der Waals surface area contributed by atoms with E-state index in [1.807, 2.05) is 13.0 Å². The van der Waals surface area contributed by atoms with Crippen LogP contribution in [0.2, 0.25) is 0 Å². The zero-order valence-corrected chi connectivity index (χ0v) is 11.9. The third kappa shape index (κ3) is 3.40. The van der Waals surface area contributed by atoms with Crippen LogP contribution in [0, 0.1) is 18.3 Å². The molecule has 0 aromatic heterocycles. The van der Waals surface area contributed by atoms with Gasteiger partial charge in [0, 0.05) is 0 Å². The Hall–Kier alpha value is -2.80. The zero-order chi connectivity index (χ0) is 15.2. The highest BCUT2D eigenvalue weighted by atomic mass is 16.5. The van der Waals surface area contributed by atoms with Gasteiger partial charge in [0.25, 0.3) is 0 Å². The summed E-state index contributed by atoms with van der Waals surface area (Å²) >= 11 is 0. The minimum Gasteiger partial charge on any atom is -0.495 e. The first-order valence-corrected chi connectivity index (χ1v) is 6.43. The lowest BCUT2D eigenvalue weighted by atomic mass is 10.1. The van der Waals surface area contributed by atoms with Gasteiger partial charge >= 0.3 is 0 Å². The summed E-state index contributed by atoms with van der Waals surface area (Å²) in [5.74, 6) is 1.05. The maximum Gasteiger partial charge on any atom is 0.153 e. The number of aldehydes is 1. The highest BCUT2D eigenvalue weighted by molar-refractivity contribution is 5.79. The van der Waals surface area contributed by atoms with Crippen molar-refractivity contribution in [2.45, 2.75) is 13.5 Å². The van der Waals surface area contributed by atoms with Gasteiger partial charge in [0.1, 0.15) is 24.2 Å². The maximum atomic E-state index is 11.0. The largest absolute Gasteiger partial charge is 0.495 e. The number of carbonyl (C=O) groups excluding carboxylic acids is 1. The summed E-state index contributed by atoms with van der Waals surface area (Å²) in [5.41, 5.74) is 2.87. The van der Waals surface area contributed by atoms with Crippen molar-refractivity contribution in [2.75, 3.05) is 7.11 Å². The molecule has 0 N–H and O–H groups in total. The van der Waals surface area contributed by atoms with Crippen LogP contribution in [0.4, 0.5) is 0 Å². The molecule has 0 heterocycles. The summed E-state index contributed by atoms with van der Waals surface area (Å²) in [7, 11) is 1.52. The van der Waals surface area contributed by atoms with Crippen LogP contribution in [0.3, 0.4) is 0 Å². The molecule has 2 rings (SSSR count). The molecule has 4 heteroatoms. The summed E-state index contributed by atoms with van der Waals surface area (Å²) in [6.45, 7) is 2.22. The molecule has 0 amide bonds. The molecule has 0 aliphatic rings. The second kappa shape index (κ2) is 6.58. The van der Waals surface area contributed by atoms with Crippen molar-refractivity contribution in [1.29, 1.82) is 5.26 Å². The molecule has 0 atom stereocenters. The zero-order valence-electron chi connectivity index (χ0n) is 11.9. The normalized spacial score (nSPS) is 9.76. The Bertz CT molecular complexity index is 702. The van der Waals surface area contributed by atoms with E-state index in [0.29, 0.717) is 29.2 Å². The summed E-state index contributed by atoms with van der Waals surface area (Å²) in [5, 5.41) is 8.94. The lowest BCUT2D eigenvalue weighted by molar-refractivity contribution is 0.111. The Balaban J connectivity index is 2.17. The number of methoxy groups -OCH3 is 1. The molecule has 0 radical (unpaired) electrons. The van der Waals surface area contributed by atoms with Gasteiger partial charge in [-0.15, -0.1) is 0 Å². The molecular formula is C17H15NO3. The van der Waals surface area contributed by atoms with E-state index in [2.05, 4.69) is 6.07 Å². The molecule has 0 aliphatic heterocycles. The van der Waals surface area contributed by atoms with Crippen LogP contribution < -0.4 is 9.47 Å². The number of benzene rings is 2. The first-order valence-electron chi connectivity index (χ1n) is 6.43. The lowest BCUT2D eigenvalue weighted by Gasteiger charge is -2.10. The van der Waals surface area contributed by atoms with Crippen LogP contribution >= 0.6 is 0 Å². The van der Waals surface area contributed by atoms with Crippen LogP contribution in [0.25, 0.3) is 0 Å². The minimum atomic E-state index is 0.298. The molecule has 0 saturated carbocycles. The molecule has 0 unspecified atom stereocenters. The minimum absolute atomic E-state index is 0.298. The topological polar surface area (TPSA) is 59.3 Å². The van der Waals surface area contributed by atoms with Crippen molar-refractivity contribution in [3.8, 4) is 17.6 Å². The molecule has 0 saturated heterocycles. The van der Waals surface area contributed by atoms with E-state index in [1.165, 1.54) is 7.11 Å². The van der Waals surface area contributed by atoms with E-state index >= 15 is 0 Å². The molecule has 0 fully saturated rings. The van der Waals surface area contributed by atoms with Crippen LogP contribution in [0.5, 0.6) is 11.5 Å². The quantitative estimate of drug-likeness (QED) is 0.789. The fourth-order valence-electron chi connectivity index (χ4n) is 1.97.